The summed E-state index contributed by atoms with van der Waals surface area (Å²) in [5.41, 5.74) is 0. The molecule has 0 spiro atoms. The van der Waals surface area contributed by atoms with Gasteiger partial charge in [-0.15, -0.1) is 0 Å². The van der Waals surface area contributed by atoms with E-state index in [0.717, 1.165) is 42.9 Å². The topological polar surface area (TPSA) is 26.3 Å². The summed E-state index contributed by atoms with van der Waals surface area (Å²) < 4.78 is 5.92. The average molecular weight is 335 g/mol. The van der Waals surface area contributed by atoms with Gasteiger partial charge in [0.1, 0.15) is 6.10 Å². The Labute approximate surface area is 149 Å². The number of rotatable bonds is 4. The molecule has 138 valence electrons. The number of ether oxygens (including phenoxy) is 1. The molecule has 0 bridgehead atoms. The lowest BCUT2D eigenvalue weighted by Crippen LogP contribution is -2.38. The minimum Gasteiger partial charge on any atom is -0.462 e. The van der Waals surface area contributed by atoms with Crippen molar-refractivity contribution < 1.29 is 9.53 Å². The molecule has 0 aromatic rings. The number of hydrogen-bond donors (Lipinski definition) is 0. The summed E-state index contributed by atoms with van der Waals surface area (Å²) in [6.07, 6.45) is 14.3. The standard InChI is InChI=1S/C22H38O2/c1-15-4-8-18(9-5-15)14-20-12-13-21(22(23)24-20)17(3)19-10-6-16(2)7-11-19/h15-21H,4-14H2,1-3H3. The van der Waals surface area contributed by atoms with Crippen LogP contribution >= 0.6 is 0 Å². The molecule has 0 aromatic heterocycles. The van der Waals surface area contributed by atoms with Crippen molar-refractivity contribution in [3.05, 3.63) is 0 Å². The second-order valence-corrected chi connectivity index (χ2v) is 9.48. The first-order valence-corrected chi connectivity index (χ1v) is 10.7. The molecule has 3 rings (SSSR count). The normalized spacial score (nSPS) is 42.4. The lowest BCUT2D eigenvalue weighted by Gasteiger charge is -2.38. The number of esters is 1. The van der Waals surface area contributed by atoms with Crippen LogP contribution in [-0.4, -0.2) is 12.1 Å². The fraction of sp³-hybridized carbons (Fsp3) is 0.955. The average Bonchev–Trinajstić information content (AvgIpc) is 2.57. The molecular weight excluding hydrogens is 296 g/mol. The minimum atomic E-state index is 0.126. The molecule has 1 saturated heterocycles. The summed E-state index contributed by atoms with van der Waals surface area (Å²) in [6, 6.07) is 0. The van der Waals surface area contributed by atoms with Crippen LogP contribution in [0.25, 0.3) is 0 Å². The van der Waals surface area contributed by atoms with Gasteiger partial charge in [0.25, 0.3) is 0 Å². The third kappa shape index (κ3) is 4.55. The number of cyclic esters (lactones) is 1. The lowest BCUT2D eigenvalue weighted by atomic mass is 9.70. The Hall–Kier alpha value is -0.530. The van der Waals surface area contributed by atoms with Gasteiger partial charge in [0, 0.05) is 0 Å². The molecule has 0 aromatic carbocycles. The molecule has 2 heteroatoms. The molecule has 3 fully saturated rings. The van der Waals surface area contributed by atoms with Gasteiger partial charge in [0.15, 0.2) is 0 Å². The van der Waals surface area contributed by atoms with Crippen LogP contribution in [0.15, 0.2) is 0 Å². The van der Waals surface area contributed by atoms with Crippen LogP contribution in [0.4, 0.5) is 0 Å². The van der Waals surface area contributed by atoms with Gasteiger partial charge in [-0.3, -0.25) is 4.79 Å². The van der Waals surface area contributed by atoms with Crippen LogP contribution in [0.3, 0.4) is 0 Å². The van der Waals surface area contributed by atoms with E-state index in [1.165, 1.54) is 51.4 Å². The van der Waals surface area contributed by atoms with Gasteiger partial charge < -0.3 is 4.74 Å². The smallest absolute Gasteiger partial charge is 0.309 e. The molecule has 2 saturated carbocycles. The van der Waals surface area contributed by atoms with E-state index in [4.69, 9.17) is 4.74 Å². The highest BCUT2D eigenvalue weighted by Crippen LogP contribution is 2.41. The number of carbonyl (C=O) groups is 1. The van der Waals surface area contributed by atoms with Gasteiger partial charge in [-0.2, -0.15) is 0 Å². The number of hydrogen-bond acceptors (Lipinski definition) is 2. The minimum absolute atomic E-state index is 0.126. The molecule has 3 unspecified atom stereocenters. The second-order valence-electron chi connectivity index (χ2n) is 9.48. The van der Waals surface area contributed by atoms with Crippen LogP contribution in [0.1, 0.15) is 91.4 Å². The van der Waals surface area contributed by atoms with Crippen molar-refractivity contribution in [2.24, 2.45) is 35.5 Å². The lowest BCUT2D eigenvalue weighted by molar-refractivity contribution is -0.165. The van der Waals surface area contributed by atoms with E-state index in [0.29, 0.717) is 5.92 Å². The summed E-state index contributed by atoms with van der Waals surface area (Å²) in [5.74, 6) is 4.14. The van der Waals surface area contributed by atoms with Gasteiger partial charge in [0.05, 0.1) is 5.92 Å². The highest BCUT2D eigenvalue weighted by atomic mass is 16.5. The summed E-state index contributed by atoms with van der Waals surface area (Å²) in [6.45, 7) is 7.05. The second kappa shape index (κ2) is 8.23. The summed E-state index contributed by atoms with van der Waals surface area (Å²) in [7, 11) is 0. The van der Waals surface area contributed by atoms with Gasteiger partial charge in [-0.25, -0.2) is 0 Å². The quantitative estimate of drug-likeness (QED) is 0.590. The Kier molecular flexibility index (Phi) is 6.27. The Morgan fingerprint density at radius 3 is 2.04 bits per heavy atom. The number of carbonyl (C=O) groups excluding carboxylic acids is 1. The third-order valence-corrected chi connectivity index (χ3v) is 7.56. The zero-order chi connectivity index (χ0) is 17.1. The highest BCUT2D eigenvalue weighted by molar-refractivity contribution is 5.73. The SMILES string of the molecule is CC1CCC(CC2CCC(C(C)C3CCC(C)CC3)C(=O)O2)CC1. The molecule has 0 radical (unpaired) electrons. The highest BCUT2D eigenvalue weighted by Gasteiger charge is 2.38. The van der Waals surface area contributed by atoms with Crippen molar-refractivity contribution >= 4 is 5.97 Å². The maximum absolute atomic E-state index is 12.6. The first-order chi connectivity index (χ1) is 11.5. The summed E-state index contributed by atoms with van der Waals surface area (Å²) in [5, 5.41) is 0. The zero-order valence-electron chi connectivity index (χ0n) is 16.1. The molecule has 2 aliphatic carbocycles. The first-order valence-electron chi connectivity index (χ1n) is 10.7. The maximum Gasteiger partial charge on any atom is 0.309 e. The van der Waals surface area contributed by atoms with Crippen LogP contribution in [0.5, 0.6) is 0 Å². The Balaban J connectivity index is 1.45. The van der Waals surface area contributed by atoms with Crippen molar-refractivity contribution in [1.29, 1.82) is 0 Å². The third-order valence-electron chi connectivity index (χ3n) is 7.56. The molecule has 0 N–H and O–H groups in total. The van der Waals surface area contributed by atoms with Gasteiger partial charge in [0.2, 0.25) is 0 Å². The van der Waals surface area contributed by atoms with Gasteiger partial charge >= 0.3 is 5.97 Å². The van der Waals surface area contributed by atoms with E-state index in [1.807, 2.05) is 0 Å². The molecular formula is C22H38O2. The van der Waals surface area contributed by atoms with Gasteiger partial charge in [-0.05, 0) is 61.7 Å². The van der Waals surface area contributed by atoms with Crippen molar-refractivity contribution in [1.82, 2.24) is 0 Å². The monoisotopic (exact) mass is 334 g/mol. The molecule has 1 aliphatic heterocycles. The Morgan fingerprint density at radius 2 is 1.46 bits per heavy atom. The first kappa shape index (κ1) is 18.3. The van der Waals surface area contributed by atoms with Crippen molar-refractivity contribution in [2.45, 2.75) is 97.5 Å². The Bertz CT molecular complexity index is 402. The van der Waals surface area contributed by atoms with E-state index >= 15 is 0 Å². The van der Waals surface area contributed by atoms with Crippen molar-refractivity contribution in [3.63, 3.8) is 0 Å². The zero-order valence-corrected chi connectivity index (χ0v) is 16.1. The molecule has 0 amide bonds. The molecule has 3 atom stereocenters. The van der Waals surface area contributed by atoms with Crippen LogP contribution < -0.4 is 0 Å². The van der Waals surface area contributed by atoms with E-state index in [2.05, 4.69) is 20.8 Å². The fourth-order valence-corrected chi connectivity index (χ4v) is 5.51. The summed E-state index contributed by atoms with van der Waals surface area (Å²) >= 11 is 0. The molecule has 2 nitrogen and oxygen atoms in total. The van der Waals surface area contributed by atoms with E-state index in [-0.39, 0.29) is 18.0 Å². The fourth-order valence-electron chi connectivity index (χ4n) is 5.51. The predicted molar refractivity (Wildman–Crippen MR) is 98.6 cm³/mol. The van der Waals surface area contributed by atoms with Crippen LogP contribution in [0, 0.1) is 35.5 Å². The van der Waals surface area contributed by atoms with Gasteiger partial charge in [-0.1, -0.05) is 59.3 Å². The molecule has 24 heavy (non-hydrogen) atoms. The Morgan fingerprint density at radius 1 is 0.875 bits per heavy atom. The van der Waals surface area contributed by atoms with Crippen molar-refractivity contribution in [3.8, 4) is 0 Å². The summed E-state index contributed by atoms with van der Waals surface area (Å²) in [4.78, 5) is 12.6. The predicted octanol–water partition coefficient (Wildman–Crippen LogP) is 5.99. The maximum atomic E-state index is 12.6. The van der Waals surface area contributed by atoms with E-state index in [1.54, 1.807) is 0 Å². The van der Waals surface area contributed by atoms with Crippen molar-refractivity contribution in [2.75, 3.05) is 0 Å². The largest absolute Gasteiger partial charge is 0.462 e. The molecule has 3 aliphatic rings. The van der Waals surface area contributed by atoms with E-state index < -0.39 is 0 Å². The molecule has 1 heterocycles. The van der Waals surface area contributed by atoms with Crippen LogP contribution in [0.2, 0.25) is 0 Å². The van der Waals surface area contributed by atoms with Crippen LogP contribution in [-0.2, 0) is 9.53 Å². The van der Waals surface area contributed by atoms with E-state index in [9.17, 15) is 4.79 Å².